The summed E-state index contributed by atoms with van der Waals surface area (Å²) in [5, 5.41) is 2.63. The molecule has 21 heavy (non-hydrogen) atoms. The molecule has 0 radical (unpaired) electrons. The molecule has 0 aliphatic rings. The first-order valence-corrected chi connectivity index (χ1v) is 7.10. The van der Waals surface area contributed by atoms with Crippen LogP contribution in [0.4, 0.5) is 4.39 Å². The van der Waals surface area contributed by atoms with Crippen LogP contribution in [0.15, 0.2) is 33.5 Å². The third kappa shape index (κ3) is 3.58. The van der Waals surface area contributed by atoms with Crippen LogP contribution in [0.1, 0.15) is 27.2 Å². The Hall–Kier alpha value is -1.95. The van der Waals surface area contributed by atoms with Crippen LogP contribution < -0.4 is 10.9 Å². The molecule has 2 rings (SSSR count). The van der Waals surface area contributed by atoms with E-state index in [1.165, 1.54) is 12.1 Å². The van der Waals surface area contributed by atoms with Gasteiger partial charge in [-0.25, -0.2) is 4.39 Å². The maximum atomic E-state index is 13.2. The first kappa shape index (κ1) is 15.4. The molecule has 0 aliphatic carbocycles. The van der Waals surface area contributed by atoms with Crippen LogP contribution in [0.25, 0.3) is 0 Å². The third-order valence-corrected chi connectivity index (χ3v) is 3.78. The Balaban J connectivity index is 2.19. The zero-order valence-electron chi connectivity index (χ0n) is 11.6. The maximum Gasteiger partial charge on any atom is 0.253 e. The van der Waals surface area contributed by atoms with Crippen molar-refractivity contribution in [2.24, 2.45) is 0 Å². The molecule has 1 aromatic heterocycles. The second-order valence-corrected chi connectivity index (χ2v) is 5.60. The summed E-state index contributed by atoms with van der Waals surface area (Å²) in [5.74, 6) is -0.937. The number of benzene rings is 1. The highest BCUT2D eigenvalue weighted by Gasteiger charge is 2.12. The van der Waals surface area contributed by atoms with Gasteiger partial charge in [-0.1, -0.05) is 0 Å². The van der Waals surface area contributed by atoms with Crippen molar-refractivity contribution in [3.05, 3.63) is 67.3 Å². The fourth-order valence-electron chi connectivity index (χ4n) is 2.04. The van der Waals surface area contributed by atoms with Crippen molar-refractivity contribution >= 4 is 21.8 Å². The van der Waals surface area contributed by atoms with Crippen LogP contribution in [-0.2, 0) is 6.54 Å². The summed E-state index contributed by atoms with van der Waals surface area (Å²) in [5.41, 5.74) is 2.01. The number of aromatic nitrogens is 1. The standard InChI is InChI=1S/C15H14BrFN2O2/c1-8-5-9(2)19-15(21)12(8)7-18-14(20)11-6-10(17)3-4-13(11)16/h3-6H,7H2,1-2H3,(H,18,20)(H,19,21). The van der Waals surface area contributed by atoms with Crippen molar-refractivity contribution in [3.8, 4) is 0 Å². The molecule has 0 bridgehead atoms. The van der Waals surface area contributed by atoms with Crippen molar-refractivity contribution in [1.82, 2.24) is 10.3 Å². The number of nitrogens with one attached hydrogen (secondary N) is 2. The Morgan fingerprint density at radius 3 is 2.71 bits per heavy atom. The monoisotopic (exact) mass is 352 g/mol. The summed E-state index contributed by atoms with van der Waals surface area (Å²) in [6.07, 6.45) is 0. The summed E-state index contributed by atoms with van der Waals surface area (Å²) >= 11 is 3.20. The quantitative estimate of drug-likeness (QED) is 0.892. The largest absolute Gasteiger partial charge is 0.348 e. The summed E-state index contributed by atoms with van der Waals surface area (Å²) < 4.78 is 13.7. The van der Waals surface area contributed by atoms with E-state index in [0.29, 0.717) is 10.0 Å². The van der Waals surface area contributed by atoms with E-state index in [2.05, 4.69) is 26.2 Å². The van der Waals surface area contributed by atoms with Crippen molar-refractivity contribution in [3.63, 3.8) is 0 Å². The van der Waals surface area contributed by atoms with Crippen LogP contribution in [0.2, 0.25) is 0 Å². The highest BCUT2D eigenvalue weighted by atomic mass is 79.9. The molecule has 0 aliphatic heterocycles. The first-order valence-electron chi connectivity index (χ1n) is 6.31. The number of hydrogen-bond acceptors (Lipinski definition) is 2. The Bertz CT molecular complexity index is 756. The maximum absolute atomic E-state index is 13.2. The number of aryl methyl sites for hydroxylation is 2. The number of H-pyrrole nitrogens is 1. The van der Waals surface area contributed by atoms with Crippen LogP contribution in [0.5, 0.6) is 0 Å². The number of halogens is 2. The highest BCUT2D eigenvalue weighted by molar-refractivity contribution is 9.10. The van der Waals surface area contributed by atoms with Crippen molar-refractivity contribution < 1.29 is 9.18 Å². The molecular weight excluding hydrogens is 339 g/mol. The smallest absolute Gasteiger partial charge is 0.253 e. The van der Waals surface area contributed by atoms with E-state index in [9.17, 15) is 14.0 Å². The number of rotatable bonds is 3. The van der Waals surface area contributed by atoms with Gasteiger partial charge < -0.3 is 10.3 Å². The number of pyridine rings is 1. The third-order valence-electron chi connectivity index (χ3n) is 3.09. The SMILES string of the molecule is Cc1cc(C)c(CNC(=O)c2cc(F)ccc2Br)c(=O)[nH]1. The lowest BCUT2D eigenvalue weighted by atomic mass is 10.1. The van der Waals surface area contributed by atoms with E-state index in [-0.39, 0.29) is 17.7 Å². The molecule has 2 aromatic rings. The highest BCUT2D eigenvalue weighted by Crippen LogP contribution is 2.17. The predicted molar refractivity (Wildman–Crippen MR) is 81.8 cm³/mol. The lowest BCUT2D eigenvalue weighted by molar-refractivity contribution is 0.0949. The molecule has 0 saturated carbocycles. The fraction of sp³-hybridized carbons (Fsp3) is 0.200. The Labute approximate surface area is 129 Å². The topological polar surface area (TPSA) is 62.0 Å². The molecule has 0 unspecified atom stereocenters. The van der Waals surface area contributed by atoms with E-state index >= 15 is 0 Å². The average molecular weight is 353 g/mol. The molecule has 0 spiro atoms. The molecule has 2 N–H and O–H groups in total. The van der Waals surface area contributed by atoms with E-state index in [4.69, 9.17) is 0 Å². The summed E-state index contributed by atoms with van der Waals surface area (Å²) in [6.45, 7) is 3.69. The van der Waals surface area contributed by atoms with Gasteiger partial charge in [0.1, 0.15) is 5.82 Å². The molecule has 6 heteroatoms. The molecule has 0 atom stereocenters. The number of amides is 1. The lowest BCUT2D eigenvalue weighted by Gasteiger charge is -2.09. The molecule has 0 fully saturated rings. The van der Waals surface area contributed by atoms with Gasteiger partial charge >= 0.3 is 0 Å². The Morgan fingerprint density at radius 1 is 1.33 bits per heavy atom. The number of carbonyl (C=O) groups is 1. The molecule has 1 aromatic carbocycles. The van der Waals surface area contributed by atoms with Crippen molar-refractivity contribution in [2.45, 2.75) is 20.4 Å². The molecule has 1 heterocycles. The molecule has 4 nitrogen and oxygen atoms in total. The normalized spacial score (nSPS) is 10.5. The van der Waals surface area contributed by atoms with Crippen LogP contribution in [-0.4, -0.2) is 10.9 Å². The van der Waals surface area contributed by atoms with Gasteiger partial charge in [-0.3, -0.25) is 9.59 Å². The number of carbonyl (C=O) groups excluding carboxylic acids is 1. The lowest BCUT2D eigenvalue weighted by Crippen LogP contribution is -2.28. The molecular formula is C15H14BrFN2O2. The summed E-state index contributed by atoms with van der Waals surface area (Å²) in [6, 6.07) is 5.70. The van der Waals surface area contributed by atoms with Gasteiger partial charge in [-0.15, -0.1) is 0 Å². The van der Waals surface area contributed by atoms with Crippen LogP contribution in [0.3, 0.4) is 0 Å². The fourth-order valence-corrected chi connectivity index (χ4v) is 2.46. The number of aromatic amines is 1. The van der Waals surface area contributed by atoms with Gasteiger partial charge in [0.25, 0.3) is 11.5 Å². The average Bonchev–Trinajstić information content (AvgIpc) is 2.40. The van der Waals surface area contributed by atoms with Gasteiger partial charge in [-0.05, 0) is 59.6 Å². The van der Waals surface area contributed by atoms with Gasteiger partial charge in [0.15, 0.2) is 0 Å². The van der Waals surface area contributed by atoms with Crippen molar-refractivity contribution in [1.29, 1.82) is 0 Å². The zero-order valence-corrected chi connectivity index (χ0v) is 13.2. The van der Waals surface area contributed by atoms with Crippen LogP contribution in [0, 0.1) is 19.7 Å². The number of hydrogen-bond donors (Lipinski definition) is 2. The minimum atomic E-state index is -0.493. The van der Waals surface area contributed by atoms with Crippen LogP contribution >= 0.6 is 15.9 Å². The molecule has 0 saturated heterocycles. The second kappa shape index (κ2) is 6.22. The zero-order chi connectivity index (χ0) is 15.6. The Morgan fingerprint density at radius 2 is 2.05 bits per heavy atom. The second-order valence-electron chi connectivity index (χ2n) is 4.75. The minimum Gasteiger partial charge on any atom is -0.348 e. The summed E-state index contributed by atoms with van der Waals surface area (Å²) in [4.78, 5) is 26.6. The Kier molecular flexibility index (Phi) is 4.57. The molecule has 1 amide bonds. The van der Waals surface area contributed by atoms with Gasteiger partial charge in [0.2, 0.25) is 0 Å². The van der Waals surface area contributed by atoms with Gasteiger partial charge in [-0.2, -0.15) is 0 Å². The molecule has 110 valence electrons. The minimum absolute atomic E-state index is 0.0865. The van der Waals surface area contributed by atoms with Gasteiger partial charge in [0.05, 0.1) is 5.56 Å². The first-order chi connectivity index (χ1) is 9.88. The van der Waals surface area contributed by atoms with E-state index in [1.54, 1.807) is 6.92 Å². The van der Waals surface area contributed by atoms with Crippen molar-refractivity contribution in [2.75, 3.05) is 0 Å². The van der Waals surface area contributed by atoms with E-state index in [1.807, 2.05) is 13.0 Å². The summed E-state index contributed by atoms with van der Waals surface area (Å²) in [7, 11) is 0. The van der Waals surface area contributed by atoms with E-state index in [0.717, 1.165) is 17.3 Å². The van der Waals surface area contributed by atoms with E-state index < -0.39 is 11.7 Å². The predicted octanol–water partition coefficient (Wildman–Crippen LogP) is 2.82. The van der Waals surface area contributed by atoms with Gasteiger partial charge in [0, 0.05) is 22.3 Å².